The third kappa shape index (κ3) is 2.77. The maximum atomic E-state index is 12.3. The van der Waals surface area contributed by atoms with Crippen molar-refractivity contribution >= 4 is 17.3 Å². The number of nitrogens with zero attached hydrogens (tertiary/aromatic N) is 1. The van der Waals surface area contributed by atoms with Crippen LogP contribution in [0.2, 0.25) is 0 Å². The number of carbonyl (C=O) groups excluding carboxylic acids is 1. The molecule has 1 aromatic carbocycles. The fraction of sp³-hybridized carbons (Fsp3) is 0.267. The second kappa shape index (κ2) is 5.69. The van der Waals surface area contributed by atoms with E-state index in [9.17, 15) is 4.79 Å². The van der Waals surface area contributed by atoms with Crippen LogP contribution in [0.5, 0.6) is 5.75 Å². The van der Waals surface area contributed by atoms with Crippen LogP contribution in [0.4, 0.5) is 11.4 Å². The quantitative estimate of drug-likeness (QED) is 0.841. The van der Waals surface area contributed by atoms with E-state index in [4.69, 9.17) is 10.5 Å². The standard InChI is InChI=1S/C15H19N3O2/c1-10(2)18-8-4-5-13(18)15(19)17-11-6-7-12(16)14(9-11)20-3/h4-10H,16H2,1-3H3,(H,17,19). The number of nitrogens with two attached hydrogens (primary N) is 1. The normalized spacial score (nSPS) is 10.6. The lowest BCUT2D eigenvalue weighted by Crippen LogP contribution is -2.17. The van der Waals surface area contributed by atoms with Gasteiger partial charge in [0.05, 0.1) is 12.8 Å². The van der Waals surface area contributed by atoms with Gasteiger partial charge in [-0.05, 0) is 38.1 Å². The molecule has 0 aliphatic rings. The van der Waals surface area contributed by atoms with E-state index in [2.05, 4.69) is 5.32 Å². The summed E-state index contributed by atoms with van der Waals surface area (Å²) < 4.78 is 7.06. The van der Waals surface area contributed by atoms with Crippen molar-refractivity contribution in [2.75, 3.05) is 18.2 Å². The summed E-state index contributed by atoms with van der Waals surface area (Å²) in [5.74, 6) is 0.387. The average molecular weight is 273 g/mol. The number of rotatable bonds is 4. The van der Waals surface area contributed by atoms with Gasteiger partial charge in [-0.2, -0.15) is 0 Å². The van der Waals surface area contributed by atoms with Gasteiger partial charge in [0.2, 0.25) is 0 Å². The van der Waals surface area contributed by atoms with Gasteiger partial charge in [0, 0.05) is 24.0 Å². The van der Waals surface area contributed by atoms with Gasteiger partial charge >= 0.3 is 0 Å². The Kier molecular flexibility index (Phi) is 3.98. The largest absolute Gasteiger partial charge is 0.495 e. The molecule has 0 atom stereocenters. The van der Waals surface area contributed by atoms with E-state index in [1.165, 1.54) is 0 Å². The molecule has 0 bridgehead atoms. The van der Waals surface area contributed by atoms with Gasteiger partial charge < -0.3 is 20.4 Å². The van der Waals surface area contributed by atoms with E-state index in [0.29, 0.717) is 22.8 Å². The SMILES string of the molecule is COc1cc(NC(=O)c2cccn2C(C)C)ccc1N. The lowest BCUT2D eigenvalue weighted by Gasteiger charge is -2.13. The summed E-state index contributed by atoms with van der Waals surface area (Å²) in [4.78, 5) is 12.3. The Balaban J connectivity index is 2.21. The van der Waals surface area contributed by atoms with E-state index < -0.39 is 0 Å². The molecule has 0 radical (unpaired) electrons. The molecule has 0 saturated carbocycles. The van der Waals surface area contributed by atoms with E-state index in [1.54, 1.807) is 31.4 Å². The van der Waals surface area contributed by atoms with Gasteiger partial charge in [-0.1, -0.05) is 0 Å². The Morgan fingerprint density at radius 3 is 2.75 bits per heavy atom. The van der Waals surface area contributed by atoms with Gasteiger partial charge in [-0.25, -0.2) is 0 Å². The molecule has 20 heavy (non-hydrogen) atoms. The summed E-state index contributed by atoms with van der Waals surface area (Å²) in [5.41, 5.74) is 7.56. The molecule has 1 aromatic heterocycles. The zero-order valence-corrected chi connectivity index (χ0v) is 11.9. The minimum Gasteiger partial charge on any atom is -0.495 e. The molecular weight excluding hydrogens is 254 g/mol. The smallest absolute Gasteiger partial charge is 0.272 e. The monoisotopic (exact) mass is 273 g/mol. The number of benzene rings is 1. The molecule has 106 valence electrons. The maximum Gasteiger partial charge on any atom is 0.272 e. The molecule has 2 aromatic rings. The molecule has 2 rings (SSSR count). The highest BCUT2D eigenvalue weighted by atomic mass is 16.5. The van der Waals surface area contributed by atoms with Crippen LogP contribution in [0.15, 0.2) is 36.5 Å². The number of ether oxygens (including phenoxy) is 1. The third-order valence-corrected chi connectivity index (χ3v) is 3.06. The number of nitrogens with one attached hydrogen (secondary N) is 1. The average Bonchev–Trinajstić information content (AvgIpc) is 2.90. The number of methoxy groups -OCH3 is 1. The first-order valence-electron chi connectivity index (χ1n) is 6.44. The van der Waals surface area contributed by atoms with Crippen molar-refractivity contribution in [2.24, 2.45) is 0 Å². The van der Waals surface area contributed by atoms with Gasteiger partial charge in [0.15, 0.2) is 0 Å². The zero-order chi connectivity index (χ0) is 14.7. The van der Waals surface area contributed by atoms with Gasteiger partial charge in [0.25, 0.3) is 5.91 Å². The van der Waals surface area contributed by atoms with Crippen LogP contribution in [0.1, 0.15) is 30.4 Å². The molecular formula is C15H19N3O2. The minimum absolute atomic E-state index is 0.157. The van der Waals surface area contributed by atoms with Crippen molar-refractivity contribution < 1.29 is 9.53 Å². The number of anilines is 2. The molecule has 1 heterocycles. The Morgan fingerprint density at radius 1 is 1.35 bits per heavy atom. The second-order valence-corrected chi connectivity index (χ2v) is 4.81. The van der Waals surface area contributed by atoms with Crippen molar-refractivity contribution in [2.45, 2.75) is 19.9 Å². The molecule has 0 unspecified atom stereocenters. The first-order chi connectivity index (χ1) is 9.52. The zero-order valence-electron chi connectivity index (χ0n) is 11.9. The highest BCUT2D eigenvalue weighted by Crippen LogP contribution is 2.25. The lowest BCUT2D eigenvalue weighted by atomic mass is 10.2. The van der Waals surface area contributed by atoms with Gasteiger partial charge in [0.1, 0.15) is 11.4 Å². The number of hydrogen-bond acceptors (Lipinski definition) is 3. The lowest BCUT2D eigenvalue weighted by molar-refractivity contribution is 0.101. The Hall–Kier alpha value is -2.43. The number of amides is 1. The van der Waals surface area contributed by atoms with Crippen LogP contribution in [0, 0.1) is 0 Å². The van der Waals surface area contributed by atoms with Crippen molar-refractivity contribution in [3.8, 4) is 5.75 Å². The number of hydrogen-bond donors (Lipinski definition) is 2. The number of aromatic nitrogens is 1. The van der Waals surface area contributed by atoms with Gasteiger partial charge in [-0.3, -0.25) is 4.79 Å². The fourth-order valence-electron chi connectivity index (χ4n) is 2.02. The van der Waals surface area contributed by atoms with Gasteiger partial charge in [-0.15, -0.1) is 0 Å². The summed E-state index contributed by atoms with van der Waals surface area (Å²) in [7, 11) is 1.54. The molecule has 0 aliphatic heterocycles. The number of nitrogen functional groups attached to an aromatic ring is 1. The van der Waals surface area contributed by atoms with E-state index in [0.717, 1.165) is 0 Å². The molecule has 3 N–H and O–H groups in total. The van der Waals surface area contributed by atoms with Crippen molar-refractivity contribution in [3.63, 3.8) is 0 Å². The van der Waals surface area contributed by atoms with Crippen molar-refractivity contribution in [3.05, 3.63) is 42.2 Å². The summed E-state index contributed by atoms with van der Waals surface area (Å²) in [6.07, 6.45) is 1.89. The first-order valence-corrected chi connectivity index (χ1v) is 6.44. The molecule has 1 amide bonds. The van der Waals surface area contributed by atoms with E-state index in [1.807, 2.05) is 30.7 Å². The highest BCUT2D eigenvalue weighted by Gasteiger charge is 2.13. The minimum atomic E-state index is -0.157. The van der Waals surface area contributed by atoms with E-state index in [-0.39, 0.29) is 11.9 Å². The second-order valence-electron chi connectivity index (χ2n) is 4.81. The van der Waals surface area contributed by atoms with Crippen LogP contribution < -0.4 is 15.8 Å². The molecule has 0 spiro atoms. The van der Waals surface area contributed by atoms with Crippen molar-refractivity contribution in [1.29, 1.82) is 0 Å². The highest BCUT2D eigenvalue weighted by molar-refractivity contribution is 6.03. The Labute approximate surface area is 118 Å². The van der Waals surface area contributed by atoms with Crippen LogP contribution in [-0.2, 0) is 0 Å². The molecule has 5 heteroatoms. The molecule has 5 nitrogen and oxygen atoms in total. The summed E-state index contributed by atoms with van der Waals surface area (Å²) in [5, 5.41) is 2.85. The summed E-state index contributed by atoms with van der Waals surface area (Å²) in [6, 6.07) is 9.04. The summed E-state index contributed by atoms with van der Waals surface area (Å²) >= 11 is 0. The predicted molar refractivity (Wildman–Crippen MR) is 80.2 cm³/mol. The maximum absolute atomic E-state index is 12.3. The Morgan fingerprint density at radius 2 is 2.10 bits per heavy atom. The third-order valence-electron chi connectivity index (χ3n) is 3.06. The van der Waals surface area contributed by atoms with E-state index >= 15 is 0 Å². The Bertz CT molecular complexity index is 617. The fourth-order valence-corrected chi connectivity index (χ4v) is 2.02. The van der Waals surface area contributed by atoms with Crippen LogP contribution >= 0.6 is 0 Å². The predicted octanol–water partition coefficient (Wildman–Crippen LogP) is 2.91. The first kappa shape index (κ1) is 14.0. The molecule has 0 fully saturated rings. The van der Waals surface area contributed by atoms with Crippen LogP contribution in [0.25, 0.3) is 0 Å². The van der Waals surface area contributed by atoms with Crippen molar-refractivity contribution in [1.82, 2.24) is 4.57 Å². The van der Waals surface area contributed by atoms with Crippen LogP contribution in [-0.4, -0.2) is 17.6 Å². The molecule has 0 aliphatic carbocycles. The number of carbonyl (C=O) groups is 1. The summed E-state index contributed by atoms with van der Waals surface area (Å²) in [6.45, 7) is 4.06. The topological polar surface area (TPSA) is 69.3 Å². The molecule has 0 saturated heterocycles. The van der Waals surface area contributed by atoms with Crippen LogP contribution in [0.3, 0.4) is 0 Å².